The van der Waals surface area contributed by atoms with Gasteiger partial charge in [0.2, 0.25) is 0 Å². The number of aromatic nitrogens is 1. The lowest BCUT2D eigenvalue weighted by Crippen LogP contribution is -2.51. The van der Waals surface area contributed by atoms with Gasteiger partial charge in [-0.05, 0) is 61.1 Å². The van der Waals surface area contributed by atoms with Crippen molar-refractivity contribution in [2.24, 2.45) is 10.4 Å². The van der Waals surface area contributed by atoms with Gasteiger partial charge >= 0.3 is 12.1 Å². The average Bonchev–Trinajstić information content (AvgIpc) is 2.81. The monoisotopic (exact) mass is 473 g/mol. The van der Waals surface area contributed by atoms with Gasteiger partial charge in [-0.3, -0.25) is 15.1 Å². The number of amides is 1. The molecule has 1 aromatic carbocycles. The number of hydrogen-bond acceptors (Lipinski definition) is 7. The number of pyridine rings is 1. The number of benzene rings is 1. The number of nitriles is 1. The van der Waals surface area contributed by atoms with Crippen LogP contribution in [0.4, 0.5) is 13.2 Å². The minimum atomic E-state index is -4.64. The van der Waals surface area contributed by atoms with E-state index in [-0.39, 0.29) is 17.7 Å². The first-order valence-corrected chi connectivity index (χ1v) is 10.2. The average molecular weight is 473 g/mol. The van der Waals surface area contributed by atoms with Crippen molar-refractivity contribution in [1.29, 1.82) is 5.26 Å². The number of aryl methyl sites for hydroxylation is 2. The predicted octanol–water partition coefficient (Wildman–Crippen LogP) is 4.70. The predicted molar refractivity (Wildman–Crippen MR) is 119 cm³/mol. The summed E-state index contributed by atoms with van der Waals surface area (Å²) in [5.74, 6) is -1.19. The van der Waals surface area contributed by atoms with Gasteiger partial charge in [0.25, 0.3) is 0 Å². The van der Waals surface area contributed by atoms with Crippen molar-refractivity contribution in [3.8, 4) is 6.07 Å². The highest BCUT2D eigenvalue weighted by atomic mass is 19.4. The Bertz CT molecular complexity index is 1140. The Balaban J connectivity index is 2.49. The molecule has 1 heterocycles. The van der Waals surface area contributed by atoms with Crippen LogP contribution in [0.5, 0.6) is 0 Å². The van der Waals surface area contributed by atoms with Crippen LogP contribution in [0.3, 0.4) is 0 Å². The molecule has 0 aliphatic heterocycles. The summed E-state index contributed by atoms with van der Waals surface area (Å²) in [7, 11) is 0. The summed E-state index contributed by atoms with van der Waals surface area (Å²) in [5, 5.41) is 16.7. The number of alkyl halides is 3. The maximum atomic E-state index is 13.7. The Hall–Kier alpha value is -3.78. The molecule has 0 bridgehead atoms. The zero-order valence-electron chi connectivity index (χ0n) is 18.5. The zero-order valence-corrected chi connectivity index (χ0v) is 18.5. The second-order valence-electron chi connectivity index (χ2n) is 7.77. The van der Waals surface area contributed by atoms with Gasteiger partial charge < -0.3 is 0 Å². The number of allylic oxidation sites excluding steroid dienone is 1. The number of halogens is 3. The van der Waals surface area contributed by atoms with Crippen LogP contribution in [0.1, 0.15) is 47.2 Å². The maximum absolute atomic E-state index is 13.7. The first-order chi connectivity index (χ1) is 16.1. The zero-order chi connectivity index (χ0) is 25.4. The Kier molecular flexibility index (Phi) is 8.86. The van der Waals surface area contributed by atoms with Crippen LogP contribution in [0.2, 0.25) is 0 Å². The SMILES string of the molecule is C/C=C/c1cc(CCc2cncc(C#N)c2)c(CN[C@](C)(CN=O)C(=O)N=O)cc1C(F)(F)F. The largest absolute Gasteiger partial charge is 0.416 e. The maximum Gasteiger partial charge on any atom is 0.416 e. The van der Waals surface area contributed by atoms with E-state index in [1.807, 2.05) is 6.07 Å². The van der Waals surface area contributed by atoms with Crippen molar-refractivity contribution < 1.29 is 18.0 Å². The molecule has 0 saturated heterocycles. The van der Waals surface area contributed by atoms with E-state index in [2.05, 4.69) is 20.7 Å². The highest BCUT2D eigenvalue weighted by molar-refractivity contribution is 5.86. The molecule has 2 rings (SSSR count). The van der Waals surface area contributed by atoms with Gasteiger partial charge in [0.15, 0.2) is 0 Å². The second kappa shape index (κ2) is 11.4. The minimum Gasteiger partial charge on any atom is -0.298 e. The fourth-order valence-corrected chi connectivity index (χ4v) is 3.35. The molecule has 0 aliphatic rings. The van der Waals surface area contributed by atoms with Crippen molar-refractivity contribution >= 4 is 12.0 Å². The summed E-state index contributed by atoms with van der Waals surface area (Å²) in [6, 6.07) is 6.02. The molecule has 178 valence electrons. The van der Waals surface area contributed by atoms with Gasteiger partial charge in [0.05, 0.1) is 11.1 Å². The van der Waals surface area contributed by atoms with E-state index in [1.165, 1.54) is 31.3 Å². The molecule has 1 aromatic heterocycles. The molecule has 1 N–H and O–H groups in total. The number of nitrogens with one attached hydrogen (secondary N) is 1. The molecule has 34 heavy (non-hydrogen) atoms. The lowest BCUT2D eigenvalue weighted by atomic mass is 9.92. The molecular formula is C23H22F3N5O3. The minimum absolute atomic E-state index is 0.0272. The van der Waals surface area contributed by atoms with Crippen LogP contribution < -0.4 is 5.32 Å². The van der Waals surface area contributed by atoms with E-state index in [1.54, 1.807) is 19.2 Å². The Morgan fingerprint density at radius 3 is 2.50 bits per heavy atom. The topological polar surface area (TPSA) is 125 Å². The van der Waals surface area contributed by atoms with Gasteiger partial charge in [0.1, 0.15) is 18.2 Å². The third kappa shape index (κ3) is 6.62. The fraction of sp³-hybridized carbons (Fsp3) is 0.348. The molecule has 11 heteroatoms. The summed E-state index contributed by atoms with van der Waals surface area (Å²) in [6.45, 7) is 1.96. The van der Waals surface area contributed by atoms with Crippen LogP contribution in [-0.4, -0.2) is 23.0 Å². The molecule has 0 fully saturated rings. The molecular weight excluding hydrogens is 451 g/mol. The van der Waals surface area contributed by atoms with Gasteiger partial charge in [-0.2, -0.15) is 23.3 Å². The smallest absolute Gasteiger partial charge is 0.298 e. The standard InChI is InChI=1S/C23H22F3N5O3/c1-3-4-18-8-17(6-5-15-7-16(10-27)12-28-11-15)19(9-20(18)23(24,25)26)13-29-22(2,14-30-33)21(32)31-34/h3-4,7-9,11-12,29H,5-6,13-14H2,1-2H3/b4-3+/t22-/m1/s1. The molecule has 1 atom stereocenters. The summed E-state index contributed by atoms with van der Waals surface area (Å²) >= 11 is 0. The van der Waals surface area contributed by atoms with Gasteiger partial charge in [-0.15, -0.1) is 4.91 Å². The van der Waals surface area contributed by atoms with E-state index in [0.717, 1.165) is 11.6 Å². The lowest BCUT2D eigenvalue weighted by molar-refractivity contribution is -0.137. The van der Waals surface area contributed by atoms with E-state index >= 15 is 0 Å². The van der Waals surface area contributed by atoms with E-state index in [0.29, 0.717) is 24.0 Å². The second-order valence-corrected chi connectivity index (χ2v) is 7.77. The van der Waals surface area contributed by atoms with Gasteiger partial charge in [0, 0.05) is 24.1 Å². The molecule has 2 aromatic rings. The molecule has 0 saturated carbocycles. The molecule has 0 radical (unpaired) electrons. The highest BCUT2D eigenvalue weighted by Gasteiger charge is 2.36. The number of nitrogens with zero attached hydrogens (tertiary/aromatic N) is 4. The van der Waals surface area contributed by atoms with Crippen LogP contribution in [-0.2, 0) is 30.4 Å². The number of carbonyl (C=O) groups is 1. The van der Waals surface area contributed by atoms with Crippen molar-refractivity contribution in [3.63, 3.8) is 0 Å². The molecule has 8 nitrogen and oxygen atoms in total. The quantitative estimate of drug-likeness (QED) is 0.499. The van der Waals surface area contributed by atoms with Crippen molar-refractivity contribution in [2.75, 3.05) is 6.54 Å². The van der Waals surface area contributed by atoms with Crippen LogP contribution in [0, 0.1) is 21.1 Å². The van der Waals surface area contributed by atoms with Crippen molar-refractivity contribution in [1.82, 2.24) is 10.3 Å². The summed E-state index contributed by atoms with van der Waals surface area (Å²) in [4.78, 5) is 37.4. The van der Waals surface area contributed by atoms with E-state index < -0.39 is 29.7 Å². The number of hydrogen-bond donors (Lipinski definition) is 1. The number of rotatable bonds is 10. The Morgan fingerprint density at radius 1 is 1.18 bits per heavy atom. The first-order valence-electron chi connectivity index (χ1n) is 10.2. The van der Waals surface area contributed by atoms with Crippen LogP contribution in [0.15, 0.2) is 47.0 Å². The first kappa shape index (κ1) is 26.5. The van der Waals surface area contributed by atoms with Gasteiger partial charge in [-0.25, -0.2) is 0 Å². The summed E-state index contributed by atoms with van der Waals surface area (Å²) in [5.41, 5.74) is -0.800. The third-order valence-electron chi connectivity index (χ3n) is 5.24. The highest BCUT2D eigenvalue weighted by Crippen LogP contribution is 2.35. The lowest BCUT2D eigenvalue weighted by Gasteiger charge is -2.25. The van der Waals surface area contributed by atoms with Crippen molar-refractivity contribution in [2.45, 2.75) is 44.9 Å². The number of carbonyl (C=O) groups excluding carboxylic acids is 1. The van der Waals surface area contributed by atoms with Crippen molar-refractivity contribution in [3.05, 3.63) is 79.9 Å². The number of nitroso groups, excluding NO2 is 2. The molecule has 0 unspecified atom stereocenters. The Morgan fingerprint density at radius 2 is 1.91 bits per heavy atom. The van der Waals surface area contributed by atoms with E-state index in [9.17, 15) is 27.8 Å². The molecule has 1 amide bonds. The fourth-order valence-electron chi connectivity index (χ4n) is 3.35. The van der Waals surface area contributed by atoms with E-state index in [4.69, 9.17) is 5.26 Å². The Labute approximate surface area is 193 Å². The third-order valence-corrected chi connectivity index (χ3v) is 5.24. The normalized spacial score (nSPS) is 13.3. The van der Waals surface area contributed by atoms with Crippen LogP contribution >= 0.6 is 0 Å². The summed E-state index contributed by atoms with van der Waals surface area (Å²) in [6.07, 6.45) is 1.87. The summed E-state index contributed by atoms with van der Waals surface area (Å²) < 4.78 is 41.2. The molecule has 0 spiro atoms. The van der Waals surface area contributed by atoms with Gasteiger partial charge in [-0.1, -0.05) is 23.4 Å². The molecule has 0 aliphatic carbocycles. The van der Waals surface area contributed by atoms with Crippen LogP contribution in [0.25, 0.3) is 6.08 Å².